The molecular formula is C18H14N4O3S2. The lowest BCUT2D eigenvalue weighted by atomic mass is 10.2. The third kappa shape index (κ3) is 4.61. The van der Waals surface area contributed by atoms with Crippen LogP contribution in [0.25, 0.3) is 10.2 Å². The molecule has 0 N–H and O–H groups in total. The van der Waals surface area contributed by atoms with Crippen LogP contribution in [-0.4, -0.2) is 28.1 Å². The molecule has 0 radical (unpaired) electrons. The zero-order valence-corrected chi connectivity index (χ0v) is 15.7. The summed E-state index contributed by atoms with van der Waals surface area (Å²) < 4.78 is 1.38. The fourth-order valence-corrected chi connectivity index (χ4v) is 4.41. The number of thioether (sulfide) groups is 1. The summed E-state index contributed by atoms with van der Waals surface area (Å²) in [6.45, 7) is 0.325. The zero-order chi connectivity index (χ0) is 19.2. The van der Waals surface area contributed by atoms with E-state index in [2.05, 4.69) is 11.1 Å². The number of anilines is 1. The van der Waals surface area contributed by atoms with Crippen LogP contribution in [0.1, 0.15) is 6.42 Å². The van der Waals surface area contributed by atoms with Crippen molar-refractivity contribution < 1.29 is 9.72 Å². The number of para-hydroxylation sites is 1. The number of amides is 1. The Morgan fingerprint density at radius 3 is 2.78 bits per heavy atom. The molecule has 27 heavy (non-hydrogen) atoms. The number of nitriles is 1. The zero-order valence-electron chi connectivity index (χ0n) is 14.1. The number of carbonyl (C=O) groups excluding carboxylic acids is 1. The minimum Gasteiger partial charge on any atom is -0.311 e. The highest BCUT2D eigenvalue weighted by Crippen LogP contribution is 2.32. The largest absolute Gasteiger partial charge is 0.311 e. The molecule has 0 atom stereocenters. The molecule has 3 aromatic rings. The van der Waals surface area contributed by atoms with E-state index in [0.717, 1.165) is 5.69 Å². The molecule has 0 spiro atoms. The smallest absolute Gasteiger partial charge is 0.270 e. The predicted molar refractivity (Wildman–Crippen MR) is 106 cm³/mol. The SMILES string of the molecule is N#CCCN(C(=O)CSc1nc2ccc([N+](=O)[O-])cc2s1)c1ccccc1. The fourth-order valence-electron chi connectivity index (χ4n) is 2.44. The normalized spacial score (nSPS) is 10.5. The van der Waals surface area contributed by atoms with Gasteiger partial charge in [-0.25, -0.2) is 4.98 Å². The monoisotopic (exact) mass is 398 g/mol. The van der Waals surface area contributed by atoms with Gasteiger partial charge in [0.1, 0.15) is 0 Å². The Morgan fingerprint density at radius 1 is 1.30 bits per heavy atom. The van der Waals surface area contributed by atoms with E-state index in [1.165, 1.54) is 35.2 Å². The van der Waals surface area contributed by atoms with Crippen LogP contribution in [0.5, 0.6) is 0 Å². The average Bonchev–Trinajstić information content (AvgIpc) is 3.09. The number of aromatic nitrogens is 1. The molecule has 1 amide bonds. The first-order valence-corrected chi connectivity index (χ1v) is 9.79. The average molecular weight is 398 g/mol. The van der Waals surface area contributed by atoms with Gasteiger partial charge in [0.15, 0.2) is 4.34 Å². The highest BCUT2D eigenvalue weighted by atomic mass is 32.2. The van der Waals surface area contributed by atoms with E-state index in [-0.39, 0.29) is 23.8 Å². The lowest BCUT2D eigenvalue weighted by Gasteiger charge is -2.21. The molecule has 0 aliphatic rings. The molecule has 1 heterocycles. The van der Waals surface area contributed by atoms with Gasteiger partial charge in [-0.2, -0.15) is 5.26 Å². The van der Waals surface area contributed by atoms with Gasteiger partial charge in [-0.05, 0) is 18.2 Å². The van der Waals surface area contributed by atoms with Crippen molar-refractivity contribution in [2.24, 2.45) is 0 Å². The number of thiazole rings is 1. The molecule has 0 aliphatic heterocycles. The quantitative estimate of drug-likeness (QED) is 0.335. The van der Waals surface area contributed by atoms with Crippen molar-refractivity contribution in [1.29, 1.82) is 5.26 Å². The maximum Gasteiger partial charge on any atom is 0.270 e. The maximum absolute atomic E-state index is 12.7. The number of non-ortho nitro benzene ring substituents is 1. The minimum atomic E-state index is -0.442. The number of rotatable bonds is 7. The first-order chi connectivity index (χ1) is 13.1. The molecule has 0 bridgehead atoms. The number of nitro groups is 1. The van der Waals surface area contributed by atoms with Gasteiger partial charge in [-0.15, -0.1) is 11.3 Å². The summed E-state index contributed by atoms with van der Waals surface area (Å²) in [5, 5.41) is 19.7. The fraction of sp³-hybridized carbons (Fsp3) is 0.167. The summed E-state index contributed by atoms with van der Waals surface area (Å²) >= 11 is 2.61. The third-order valence-electron chi connectivity index (χ3n) is 3.70. The van der Waals surface area contributed by atoms with Gasteiger partial charge in [0, 0.05) is 24.4 Å². The van der Waals surface area contributed by atoms with Gasteiger partial charge in [-0.1, -0.05) is 30.0 Å². The molecule has 2 aromatic carbocycles. The second-order valence-electron chi connectivity index (χ2n) is 5.47. The van der Waals surface area contributed by atoms with Crippen LogP contribution in [0.15, 0.2) is 52.9 Å². The number of hydrogen-bond donors (Lipinski definition) is 0. The number of fused-ring (bicyclic) bond motifs is 1. The van der Waals surface area contributed by atoms with E-state index in [1.807, 2.05) is 30.3 Å². The molecule has 0 unspecified atom stereocenters. The van der Waals surface area contributed by atoms with Crippen molar-refractivity contribution >= 4 is 50.6 Å². The standard InChI is InChI=1S/C18H14N4O3S2/c19-9-4-10-21(13-5-2-1-3-6-13)17(23)12-26-18-20-15-8-7-14(22(24)25)11-16(15)27-18/h1-3,5-8,11H,4,10,12H2. The minimum absolute atomic E-state index is 0.0190. The summed E-state index contributed by atoms with van der Waals surface area (Å²) in [4.78, 5) is 29.1. The number of carbonyl (C=O) groups is 1. The van der Waals surface area contributed by atoms with Crippen LogP contribution in [0.2, 0.25) is 0 Å². The Morgan fingerprint density at radius 2 is 2.07 bits per heavy atom. The number of nitro benzene ring substituents is 1. The van der Waals surface area contributed by atoms with E-state index in [1.54, 1.807) is 11.0 Å². The number of hydrogen-bond acceptors (Lipinski definition) is 7. The van der Waals surface area contributed by atoms with Gasteiger partial charge < -0.3 is 4.90 Å². The lowest BCUT2D eigenvalue weighted by molar-refractivity contribution is -0.384. The lowest BCUT2D eigenvalue weighted by Crippen LogP contribution is -2.33. The molecule has 7 nitrogen and oxygen atoms in total. The maximum atomic E-state index is 12.7. The summed E-state index contributed by atoms with van der Waals surface area (Å²) in [7, 11) is 0. The third-order valence-corrected chi connectivity index (χ3v) is 5.84. The Bertz CT molecular complexity index is 1010. The second-order valence-corrected chi connectivity index (χ2v) is 7.72. The van der Waals surface area contributed by atoms with Crippen LogP contribution >= 0.6 is 23.1 Å². The van der Waals surface area contributed by atoms with Crippen molar-refractivity contribution in [2.75, 3.05) is 17.2 Å². The second kappa shape index (κ2) is 8.62. The van der Waals surface area contributed by atoms with E-state index >= 15 is 0 Å². The number of nitrogens with zero attached hydrogens (tertiary/aromatic N) is 4. The van der Waals surface area contributed by atoms with Crippen LogP contribution in [0.4, 0.5) is 11.4 Å². The van der Waals surface area contributed by atoms with Gasteiger partial charge in [0.25, 0.3) is 5.69 Å². The van der Waals surface area contributed by atoms with E-state index in [0.29, 0.717) is 21.1 Å². The van der Waals surface area contributed by atoms with Crippen LogP contribution in [0.3, 0.4) is 0 Å². The molecule has 0 aliphatic carbocycles. The van der Waals surface area contributed by atoms with E-state index in [9.17, 15) is 14.9 Å². The Balaban J connectivity index is 1.72. The molecule has 0 fully saturated rings. The summed E-state index contributed by atoms with van der Waals surface area (Å²) in [6, 6.07) is 15.8. The molecular weight excluding hydrogens is 384 g/mol. The van der Waals surface area contributed by atoms with Crippen molar-refractivity contribution in [3.05, 3.63) is 58.6 Å². The molecule has 1 aromatic heterocycles. The van der Waals surface area contributed by atoms with Crippen molar-refractivity contribution in [1.82, 2.24) is 4.98 Å². The van der Waals surface area contributed by atoms with Crippen LogP contribution in [0, 0.1) is 21.4 Å². The summed E-state index contributed by atoms with van der Waals surface area (Å²) in [5.74, 6) is 0.0501. The summed E-state index contributed by atoms with van der Waals surface area (Å²) in [5.41, 5.74) is 1.44. The Labute approximate surface area is 163 Å². The molecule has 136 valence electrons. The van der Waals surface area contributed by atoms with Gasteiger partial charge in [0.05, 0.1) is 33.4 Å². The first-order valence-electron chi connectivity index (χ1n) is 7.98. The highest BCUT2D eigenvalue weighted by molar-refractivity contribution is 8.01. The predicted octanol–water partition coefficient (Wildman–Crippen LogP) is 4.24. The highest BCUT2D eigenvalue weighted by Gasteiger charge is 2.17. The molecule has 3 rings (SSSR count). The van der Waals surface area contributed by atoms with E-state index < -0.39 is 4.92 Å². The first kappa shape index (κ1) is 18.8. The van der Waals surface area contributed by atoms with E-state index in [4.69, 9.17) is 5.26 Å². The van der Waals surface area contributed by atoms with Gasteiger partial charge >= 0.3 is 0 Å². The Kier molecular flexibility index (Phi) is 6.01. The van der Waals surface area contributed by atoms with Gasteiger partial charge in [0.2, 0.25) is 5.91 Å². The van der Waals surface area contributed by atoms with Crippen molar-refractivity contribution in [2.45, 2.75) is 10.8 Å². The van der Waals surface area contributed by atoms with Crippen molar-refractivity contribution in [3.8, 4) is 6.07 Å². The topological polar surface area (TPSA) is 100 Å². The molecule has 9 heteroatoms. The number of benzene rings is 2. The van der Waals surface area contributed by atoms with Gasteiger partial charge in [-0.3, -0.25) is 14.9 Å². The van der Waals surface area contributed by atoms with Crippen LogP contribution in [-0.2, 0) is 4.79 Å². The van der Waals surface area contributed by atoms with Crippen LogP contribution < -0.4 is 4.90 Å². The Hall–Kier alpha value is -2.96. The molecule has 0 saturated heterocycles. The summed E-state index contributed by atoms with van der Waals surface area (Å²) in [6.07, 6.45) is 0.246. The molecule has 0 saturated carbocycles. The van der Waals surface area contributed by atoms with Crippen molar-refractivity contribution in [3.63, 3.8) is 0 Å².